The van der Waals surface area contributed by atoms with Crippen LogP contribution in [-0.2, 0) is 0 Å². The van der Waals surface area contributed by atoms with E-state index < -0.39 is 0 Å². The van der Waals surface area contributed by atoms with E-state index in [1.54, 1.807) is 0 Å². The van der Waals surface area contributed by atoms with Crippen molar-refractivity contribution in [1.29, 1.82) is 0 Å². The molecule has 1 N–H and O–H groups in total. The standard InChI is InChI=1S/C14H24N2S/c1-10(2)14(13-6-5-7-17-13)15-12-8-11(3)16(4)9-12/h5-7,10-12,14-15H,8-9H2,1-4H3. The molecule has 0 bridgehead atoms. The molecule has 1 fully saturated rings. The molecule has 1 saturated heterocycles. The molecular formula is C14H24N2S. The molecule has 2 heterocycles. The molecular weight excluding hydrogens is 228 g/mol. The second kappa shape index (κ2) is 5.51. The highest BCUT2D eigenvalue weighted by atomic mass is 32.1. The van der Waals surface area contributed by atoms with Crippen molar-refractivity contribution in [2.24, 2.45) is 5.92 Å². The molecule has 0 aromatic carbocycles. The summed E-state index contributed by atoms with van der Waals surface area (Å²) in [6, 6.07) is 6.28. The molecule has 0 aliphatic carbocycles. The maximum atomic E-state index is 3.85. The lowest BCUT2D eigenvalue weighted by Gasteiger charge is -2.25. The molecule has 3 atom stereocenters. The van der Waals surface area contributed by atoms with E-state index in [9.17, 15) is 0 Å². The largest absolute Gasteiger partial charge is 0.305 e. The molecule has 1 aliphatic heterocycles. The Hall–Kier alpha value is -0.380. The predicted octanol–water partition coefficient (Wildman–Crippen LogP) is 3.13. The van der Waals surface area contributed by atoms with Crippen molar-refractivity contribution in [3.63, 3.8) is 0 Å². The average molecular weight is 252 g/mol. The minimum atomic E-state index is 0.513. The third kappa shape index (κ3) is 3.09. The van der Waals surface area contributed by atoms with Gasteiger partial charge in [-0.15, -0.1) is 11.3 Å². The van der Waals surface area contributed by atoms with Gasteiger partial charge in [0.05, 0.1) is 0 Å². The van der Waals surface area contributed by atoms with Crippen molar-refractivity contribution in [2.75, 3.05) is 13.6 Å². The number of likely N-dealkylation sites (N-methyl/N-ethyl adjacent to an activating group) is 1. The number of thiophene rings is 1. The van der Waals surface area contributed by atoms with Crippen LogP contribution in [0.2, 0.25) is 0 Å². The van der Waals surface area contributed by atoms with Crippen LogP contribution in [0.4, 0.5) is 0 Å². The normalized spacial score (nSPS) is 27.8. The zero-order valence-corrected chi connectivity index (χ0v) is 12.1. The molecule has 0 spiro atoms. The average Bonchev–Trinajstić information content (AvgIpc) is 2.86. The van der Waals surface area contributed by atoms with Crippen LogP contribution in [0.25, 0.3) is 0 Å². The first-order chi connectivity index (χ1) is 8.08. The van der Waals surface area contributed by atoms with Crippen LogP contribution < -0.4 is 5.32 Å². The van der Waals surface area contributed by atoms with Crippen molar-refractivity contribution >= 4 is 11.3 Å². The molecule has 3 heteroatoms. The molecule has 3 unspecified atom stereocenters. The van der Waals surface area contributed by atoms with Crippen LogP contribution in [0.1, 0.15) is 38.1 Å². The Bertz CT molecular complexity index is 324. The van der Waals surface area contributed by atoms with Gasteiger partial charge in [-0.1, -0.05) is 19.9 Å². The van der Waals surface area contributed by atoms with Gasteiger partial charge in [-0.25, -0.2) is 0 Å². The minimum absolute atomic E-state index is 0.513. The lowest BCUT2D eigenvalue weighted by Crippen LogP contribution is -2.36. The number of likely N-dealkylation sites (tertiary alicyclic amines) is 1. The van der Waals surface area contributed by atoms with Gasteiger partial charge < -0.3 is 10.2 Å². The van der Waals surface area contributed by atoms with Gasteiger partial charge in [0.25, 0.3) is 0 Å². The molecule has 17 heavy (non-hydrogen) atoms. The van der Waals surface area contributed by atoms with Crippen molar-refractivity contribution in [2.45, 2.75) is 45.3 Å². The Morgan fingerprint density at radius 3 is 2.71 bits per heavy atom. The zero-order chi connectivity index (χ0) is 12.4. The van der Waals surface area contributed by atoms with Crippen LogP contribution in [0, 0.1) is 5.92 Å². The summed E-state index contributed by atoms with van der Waals surface area (Å²) in [5.41, 5.74) is 0. The summed E-state index contributed by atoms with van der Waals surface area (Å²) >= 11 is 1.87. The lowest BCUT2D eigenvalue weighted by atomic mass is 10.0. The van der Waals surface area contributed by atoms with Gasteiger partial charge in [0.1, 0.15) is 0 Å². The van der Waals surface area contributed by atoms with Crippen LogP contribution >= 0.6 is 11.3 Å². The van der Waals surface area contributed by atoms with E-state index in [1.165, 1.54) is 17.8 Å². The summed E-state index contributed by atoms with van der Waals surface area (Å²) in [5.74, 6) is 0.648. The molecule has 2 rings (SSSR count). The summed E-state index contributed by atoms with van der Waals surface area (Å²) in [5, 5.41) is 6.02. The molecule has 2 nitrogen and oxygen atoms in total. The van der Waals surface area contributed by atoms with Gasteiger partial charge in [-0.05, 0) is 37.8 Å². The highest BCUT2D eigenvalue weighted by molar-refractivity contribution is 7.10. The Labute approximate surface area is 109 Å². The third-order valence-electron chi connectivity index (χ3n) is 3.82. The Morgan fingerprint density at radius 2 is 2.24 bits per heavy atom. The van der Waals surface area contributed by atoms with Gasteiger partial charge >= 0.3 is 0 Å². The SMILES string of the molecule is CC(C)C(NC1CC(C)N(C)C1)c1cccs1. The Kier molecular flexibility index (Phi) is 4.23. The maximum absolute atomic E-state index is 3.85. The van der Waals surface area contributed by atoms with Crippen molar-refractivity contribution in [3.05, 3.63) is 22.4 Å². The van der Waals surface area contributed by atoms with Crippen LogP contribution in [-0.4, -0.2) is 30.6 Å². The molecule has 0 saturated carbocycles. The number of hydrogen-bond acceptors (Lipinski definition) is 3. The van der Waals surface area contributed by atoms with E-state index in [2.05, 4.69) is 55.5 Å². The smallest absolute Gasteiger partial charge is 0.0440 e. The van der Waals surface area contributed by atoms with E-state index in [1.807, 2.05) is 11.3 Å². The van der Waals surface area contributed by atoms with E-state index in [-0.39, 0.29) is 0 Å². The van der Waals surface area contributed by atoms with Crippen molar-refractivity contribution in [3.8, 4) is 0 Å². The molecule has 0 radical (unpaired) electrons. The second-order valence-electron chi connectivity index (χ2n) is 5.62. The zero-order valence-electron chi connectivity index (χ0n) is 11.3. The summed E-state index contributed by atoms with van der Waals surface area (Å²) in [6.07, 6.45) is 1.27. The summed E-state index contributed by atoms with van der Waals surface area (Å²) in [7, 11) is 2.22. The van der Waals surface area contributed by atoms with E-state index in [0.29, 0.717) is 24.0 Å². The van der Waals surface area contributed by atoms with Gasteiger partial charge in [-0.3, -0.25) is 0 Å². The van der Waals surface area contributed by atoms with E-state index in [4.69, 9.17) is 0 Å². The van der Waals surface area contributed by atoms with E-state index in [0.717, 1.165) is 0 Å². The topological polar surface area (TPSA) is 15.3 Å². The molecule has 1 aromatic heterocycles. The third-order valence-corrected chi connectivity index (χ3v) is 4.77. The molecule has 96 valence electrons. The van der Waals surface area contributed by atoms with Crippen molar-refractivity contribution < 1.29 is 0 Å². The fourth-order valence-electron chi connectivity index (χ4n) is 2.64. The summed E-state index contributed by atoms with van der Waals surface area (Å²) in [4.78, 5) is 3.92. The minimum Gasteiger partial charge on any atom is -0.305 e. The molecule has 1 aromatic rings. The van der Waals surface area contributed by atoms with Gasteiger partial charge in [0, 0.05) is 29.5 Å². The Balaban J connectivity index is 2.00. The summed E-state index contributed by atoms with van der Waals surface area (Å²) in [6.45, 7) is 8.10. The first-order valence-corrected chi connectivity index (χ1v) is 7.45. The first kappa shape index (κ1) is 13.1. The van der Waals surface area contributed by atoms with Gasteiger partial charge in [-0.2, -0.15) is 0 Å². The van der Waals surface area contributed by atoms with Crippen LogP contribution in [0.15, 0.2) is 17.5 Å². The quantitative estimate of drug-likeness (QED) is 0.885. The molecule has 1 aliphatic rings. The van der Waals surface area contributed by atoms with E-state index >= 15 is 0 Å². The van der Waals surface area contributed by atoms with Gasteiger partial charge in [0.2, 0.25) is 0 Å². The van der Waals surface area contributed by atoms with Crippen LogP contribution in [0.5, 0.6) is 0 Å². The van der Waals surface area contributed by atoms with Crippen molar-refractivity contribution in [1.82, 2.24) is 10.2 Å². The fraction of sp³-hybridized carbons (Fsp3) is 0.714. The maximum Gasteiger partial charge on any atom is 0.0440 e. The number of hydrogen-bond donors (Lipinski definition) is 1. The van der Waals surface area contributed by atoms with Crippen LogP contribution in [0.3, 0.4) is 0 Å². The lowest BCUT2D eigenvalue weighted by molar-refractivity contribution is 0.318. The Morgan fingerprint density at radius 1 is 1.47 bits per heavy atom. The predicted molar refractivity (Wildman–Crippen MR) is 75.5 cm³/mol. The summed E-state index contributed by atoms with van der Waals surface area (Å²) < 4.78 is 0. The monoisotopic (exact) mass is 252 g/mol. The number of nitrogens with one attached hydrogen (secondary N) is 1. The number of rotatable bonds is 4. The fourth-order valence-corrected chi connectivity index (χ4v) is 3.60. The highest BCUT2D eigenvalue weighted by Crippen LogP contribution is 2.28. The first-order valence-electron chi connectivity index (χ1n) is 6.57. The number of nitrogens with zero attached hydrogens (tertiary/aromatic N) is 1. The molecule has 0 amide bonds. The van der Waals surface area contributed by atoms with Gasteiger partial charge in [0.15, 0.2) is 0 Å². The second-order valence-corrected chi connectivity index (χ2v) is 6.60. The highest BCUT2D eigenvalue weighted by Gasteiger charge is 2.29.